The summed E-state index contributed by atoms with van der Waals surface area (Å²) < 4.78 is 5.11. The Bertz CT molecular complexity index is 434. The van der Waals surface area contributed by atoms with E-state index in [2.05, 4.69) is 24.3 Å². The van der Waals surface area contributed by atoms with Gasteiger partial charge in [-0.15, -0.1) is 0 Å². The summed E-state index contributed by atoms with van der Waals surface area (Å²) in [6, 6.07) is 18.4. The highest BCUT2D eigenvalue weighted by molar-refractivity contribution is 5.63. The quantitative estimate of drug-likeness (QED) is 0.717. The van der Waals surface area contributed by atoms with Crippen molar-refractivity contribution in [3.05, 3.63) is 54.6 Å². The molecular formula is C13H12N2O. The van der Waals surface area contributed by atoms with Crippen molar-refractivity contribution >= 4 is 0 Å². The fourth-order valence-electron chi connectivity index (χ4n) is 1.41. The van der Waals surface area contributed by atoms with E-state index >= 15 is 0 Å². The fourth-order valence-corrected chi connectivity index (χ4v) is 1.41. The van der Waals surface area contributed by atoms with Crippen LogP contribution in [0.25, 0.3) is 11.1 Å². The standard InChI is InChI=1S/C13H12O.N2/c1-14-13-9-7-12(8-10-13)11-5-3-2-4-6-11;1-2/h2-10H,1H3;. The molecule has 16 heavy (non-hydrogen) atoms. The second-order valence-electron chi connectivity index (χ2n) is 3.09. The molecule has 3 nitrogen and oxygen atoms in total. The minimum Gasteiger partial charge on any atom is -0.497 e. The Hall–Kier alpha value is -2.34. The van der Waals surface area contributed by atoms with Gasteiger partial charge in [-0.1, -0.05) is 42.5 Å². The number of nitrogens with zero attached hydrogens (tertiary/aromatic N) is 2. The van der Waals surface area contributed by atoms with Crippen molar-refractivity contribution in [3.8, 4) is 16.9 Å². The molecule has 0 atom stereocenters. The third-order valence-electron chi connectivity index (χ3n) is 2.20. The van der Waals surface area contributed by atoms with Gasteiger partial charge in [-0.05, 0) is 23.3 Å². The zero-order chi connectivity index (χ0) is 11.8. The summed E-state index contributed by atoms with van der Waals surface area (Å²) in [6.07, 6.45) is 0. The molecule has 0 aromatic heterocycles. The lowest BCUT2D eigenvalue weighted by Crippen LogP contribution is -1.82. The van der Waals surface area contributed by atoms with Crippen molar-refractivity contribution < 1.29 is 4.74 Å². The Morgan fingerprint density at radius 3 is 1.75 bits per heavy atom. The van der Waals surface area contributed by atoms with Crippen molar-refractivity contribution in [2.24, 2.45) is 0 Å². The first-order chi connectivity index (χ1) is 7.90. The van der Waals surface area contributed by atoms with Crippen LogP contribution < -0.4 is 4.74 Å². The van der Waals surface area contributed by atoms with Crippen LogP contribution in [0.3, 0.4) is 0 Å². The first kappa shape index (κ1) is 11.7. The smallest absolute Gasteiger partial charge is 0.118 e. The number of rotatable bonds is 2. The molecule has 0 aliphatic rings. The number of hydrogen-bond donors (Lipinski definition) is 0. The van der Waals surface area contributed by atoms with E-state index in [9.17, 15) is 0 Å². The van der Waals surface area contributed by atoms with Crippen molar-refractivity contribution in [2.75, 3.05) is 7.11 Å². The summed E-state index contributed by atoms with van der Waals surface area (Å²) in [4.78, 5) is 0. The van der Waals surface area contributed by atoms with E-state index in [0.29, 0.717) is 0 Å². The van der Waals surface area contributed by atoms with Crippen LogP contribution in [0.5, 0.6) is 5.75 Å². The Morgan fingerprint density at radius 1 is 0.750 bits per heavy atom. The third-order valence-corrected chi connectivity index (χ3v) is 2.20. The van der Waals surface area contributed by atoms with E-state index in [4.69, 9.17) is 15.5 Å². The van der Waals surface area contributed by atoms with Gasteiger partial charge in [0.2, 0.25) is 0 Å². The highest BCUT2D eigenvalue weighted by atomic mass is 16.5. The predicted octanol–water partition coefficient (Wildman–Crippen LogP) is 3.39. The molecule has 0 amide bonds. The average molecular weight is 212 g/mol. The monoisotopic (exact) mass is 212 g/mol. The third kappa shape index (κ3) is 2.82. The Balaban J connectivity index is 0.000000606. The van der Waals surface area contributed by atoms with E-state index in [-0.39, 0.29) is 0 Å². The maximum atomic E-state index is 6.00. The molecule has 80 valence electrons. The molecule has 0 bridgehead atoms. The van der Waals surface area contributed by atoms with Crippen LogP contribution in [0, 0.1) is 10.8 Å². The topological polar surface area (TPSA) is 56.8 Å². The number of methoxy groups -OCH3 is 1. The second kappa shape index (κ2) is 6.20. The lowest BCUT2D eigenvalue weighted by molar-refractivity contribution is 0.415. The van der Waals surface area contributed by atoms with Crippen LogP contribution >= 0.6 is 0 Å². The molecule has 0 spiro atoms. The van der Waals surface area contributed by atoms with Crippen LogP contribution in [-0.4, -0.2) is 7.11 Å². The molecule has 2 rings (SSSR count). The lowest BCUT2D eigenvalue weighted by atomic mass is 10.1. The summed E-state index contributed by atoms with van der Waals surface area (Å²) in [5.74, 6) is 0.893. The fraction of sp³-hybridized carbons (Fsp3) is 0.0769. The van der Waals surface area contributed by atoms with Crippen LogP contribution in [0.1, 0.15) is 0 Å². The van der Waals surface area contributed by atoms with Gasteiger partial charge in [-0.25, -0.2) is 0 Å². The molecule has 2 aromatic carbocycles. The summed E-state index contributed by atoms with van der Waals surface area (Å²) in [5, 5.41) is 12.0. The molecule has 0 radical (unpaired) electrons. The summed E-state index contributed by atoms with van der Waals surface area (Å²) in [7, 11) is 1.68. The predicted molar refractivity (Wildman–Crippen MR) is 61.9 cm³/mol. The van der Waals surface area contributed by atoms with E-state index < -0.39 is 0 Å². The largest absolute Gasteiger partial charge is 0.497 e. The minimum atomic E-state index is 0.893. The highest BCUT2D eigenvalue weighted by Crippen LogP contribution is 2.21. The Kier molecular flexibility index (Phi) is 4.55. The first-order valence-electron chi connectivity index (χ1n) is 4.79. The molecule has 3 heteroatoms. The van der Waals surface area contributed by atoms with E-state index in [1.807, 2.05) is 30.3 Å². The van der Waals surface area contributed by atoms with Crippen molar-refractivity contribution in [1.29, 1.82) is 10.8 Å². The van der Waals surface area contributed by atoms with Crippen LogP contribution in [0.15, 0.2) is 54.6 Å². The first-order valence-corrected chi connectivity index (χ1v) is 4.79. The van der Waals surface area contributed by atoms with Gasteiger partial charge in [0.15, 0.2) is 0 Å². The van der Waals surface area contributed by atoms with Gasteiger partial charge in [-0.2, -0.15) is 0 Å². The molecule has 0 unspecified atom stereocenters. The van der Waals surface area contributed by atoms with Crippen molar-refractivity contribution in [2.45, 2.75) is 0 Å². The van der Waals surface area contributed by atoms with Gasteiger partial charge in [0.1, 0.15) is 5.75 Å². The summed E-state index contributed by atoms with van der Waals surface area (Å²) in [5.41, 5.74) is 2.45. The molecule has 0 aliphatic carbocycles. The molecule has 0 heterocycles. The maximum Gasteiger partial charge on any atom is 0.118 e. The van der Waals surface area contributed by atoms with Crippen molar-refractivity contribution in [1.82, 2.24) is 0 Å². The van der Waals surface area contributed by atoms with Crippen LogP contribution in [0.2, 0.25) is 0 Å². The van der Waals surface area contributed by atoms with E-state index in [1.54, 1.807) is 7.11 Å². The highest BCUT2D eigenvalue weighted by Gasteiger charge is 1.95. The van der Waals surface area contributed by atoms with Crippen molar-refractivity contribution in [3.63, 3.8) is 0 Å². The zero-order valence-electron chi connectivity index (χ0n) is 9.00. The molecule has 0 fully saturated rings. The maximum absolute atomic E-state index is 6.00. The Labute approximate surface area is 94.7 Å². The lowest BCUT2D eigenvalue weighted by Gasteiger charge is -2.02. The Morgan fingerprint density at radius 2 is 1.25 bits per heavy atom. The SMILES string of the molecule is COc1ccc(-c2ccccc2)cc1.N#N. The number of ether oxygens (including phenoxy) is 1. The van der Waals surface area contributed by atoms with E-state index in [1.165, 1.54) is 11.1 Å². The van der Waals surface area contributed by atoms with Gasteiger partial charge >= 0.3 is 0 Å². The summed E-state index contributed by atoms with van der Waals surface area (Å²) >= 11 is 0. The second-order valence-corrected chi connectivity index (χ2v) is 3.09. The number of hydrogen-bond acceptors (Lipinski definition) is 3. The van der Waals surface area contributed by atoms with Crippen LogP contribution in [0.4, 0.5) is 0 Å². The van der Waals surface area contributed by atoms with E-state index in [0.717, 1.165) is 5.75 Å². The molecule has 0 saturated heterocycles. The minimum absolute atomic E-state index is 0.893. The van der Waals surface area contributed by atoms with Crippen LogP contribution in [-0.2, 0) is 0 Å². The number of benzene rings is 2. The molecule has 2 aromatic rings. The molecule has 0 saturated carbocycles. The molecular weight excluding hydrogens is 200 g/mol. The van der Waals surface area contributed by atoms with Gasteiger partial charge in [-0.3, -0.25) is 0 Å². The van der Waals surface area contributed by atoms with Gasteiger partial charge < -0.3 is 4.74 Å². The van der Waals surface area contributed by atoms with Gasteiger partial charge in [0.25, 0.3) is 0 Å². The normalized spacial score (nSPS) is 8.69. The summed E-state index contributed by atoms with van der Waals surface area (Å²) in [6.45, 7) is 0. The molecule has 0 aliphatic heterocycles. The van der Waals surface area contributed by atoms with Gasteiger partial charge in [0, 0.05) is 10.8 Å². The zero-order valence-corrected chi connectivity index (χ0v) is 9.00. The van der Waals surface area contributed by atoms with Gasteiger partial charge in [0.05, 0.1) is 7.11 Å². The average Bonchev–Trinajstić information content (AvgIpc) is 2.42. The molecule has 0 N–H and O–H groups in total.